The van der Waals surface area contributed by atoms with Crippen molar-refractivity contribution < 1.29 is 14.3 Å². The van der Waals surface area contributed by atoms with E-state index in [1.165, 1.54) is 6.92 Å². The molecule has 0 aromatic heterocycles. The van der Waals surface area contributed by atoms with Crippen LogP contribution in [0.4, 0.5) is 5.69 Å². The van der Waals surface area contributed by atoms with Gasteiger partial charge in [-0.05, 0) is 51.0 Å². The van der Waals surface area contributed by atoms with Gasteiger partial charge in [-0.15, -0.1) is 0 Å². The summed E-state index contributed by atoms with van der Waals surface area (Å²) in [5.41, 5.74) is 5.31. The number of benzene rings is 2. The first-order valence-electron chi connectivity index (χ1n) is 8.66. The third-order valence-corrected chi connectivity index (χ3v) is 4.39. The maximum absolute atomic E-state index is 12.0. The third-order valence-electron chi connectivity index (χ3n) is 4.39. The molecule has 0 saturated carbocycles. The first kappa shape index (κ1) is 19.4. The molecule has 2 amide bonds. The van der Waals surface area contributed by atoms with Crippen molar-refractivity contribution in [3.05, 3.63) is 64.7 Å². The summed E-state index contributed by atoms with van der Waals surface area (Å²) in [5.74, 6) is 0.418. The van der Waals surface area contributed by atoms with Crippen LogP contribution in [0.25, 0.3) is 11.3 Å². The molecule has 2 rings (SSSR count). The first-order valence-corrected chi connectivity index (χ1v) is 8.66. The van der Waals surface area contributed by atoms with E-state index >= 15 is 0 Å². The highest BCUT2D eigenvalue weighted by Crippen LogP contribution is 2.35. The van der Waals surface area contributed by atoms with Gasteiger partial charge in [0.15, 0.2) is 0 Å². The number of ether oxygens (including phenoxy) is 1. The monoisotopic (exact) mass is 351 g/mol. The Morgan fingerprint density at radius 2 is 1.69 bits per heavy atom. The Morgan fingerprint density at radius 3 is 2.23 bits per heavy atom. The third kappa shape index (κ3) is 4.02. The zero-order valence-corrected chi connectivity index (χ0v) is 16.0. The Labute approximate surface area is 155 Å². The number of hydrogen-bond acceptors (Lipinski definition) is 3. The molecule has 4 nitrogen and oxygen atoms in total. The van der Waals surface area contributed by atoms with Crippen LogP contribution in [0.2, 0.25) is 0 Å². The Kier molecular flexibility index (Phi) is 6.34. The normalized spacial score (nSPS) is 11.6. The van der Waals surface area contributed by atoms with Crippen LogP contribution in [0, 0.1) is 13.8 Å². The number of aryl methyl sites for hydroxylation is 2. The van der Waals surface area contributed by atoms with Gasteiger partial charge in [-0.2, -0.15) is 0 Å². The largest absolute Gasteiger partial charge is 0.493 e. The molecular formula is C22H25NO3. The highest BCUT2D eigenvalue weighted by Gasteiger charge is 2.20. The van der Waals surface area contributed by atoms with E-state index in [0.29, 0.717) is 18.7 Å². The Bertz CT molecular complexity index is 838. The molecule has 0 aliphatic rings. The van der Waals surface area contributed by atoms with Gasteiger partial charge < -0.3 is 4.74 Å². The molecular weight excluding hydrogens is 326 g/mol. The average molecular weight is 351 g/mol. The van der Waals surface area contributed by atoms with Crippen molar-refractivity contribution >= 4 is 29.3 Å². The Hall–Kier alpha value is -2.88. The van der Waals surface area contributed by atoms with E-state index in [0.717, 1.165) is 38.5 Å². The molecule has 0 bridgehead atoms. The van der Waals surface area contributed by atoms with Crippen LogP contribution in [0.15, 0.2) is 42.5 Å². The van der Waals surface area contributed by atoms with Gasteiger partial charge in [0, 0.05) is 23.6 Å². The second-order valence-corrected chi connectivity index (χ2v) is 6.20. The highest BCUT2D eigenvalue weighted by atomic mass is 16.5. The Balaban J connectivity index is 2.76. The SMILES string of the molecule is CCO/C(=C(/C)c1cc(C)c(C)cc1N(C=O)C(C)=O)c1ccccc1. The fourth-order valence-corrected chi connectivity index (χ4v) is 2.87. The van der Waals surface area contributed by atoms with Gasteiger partial charge in [0.1, 0.15) is 5.76 Å². The summed E-state index contributed by atoms with van der Waals surface area (Å²) >= 11 is 0. The van der Waals surface area contributed by atoms with E-state index in [4.69, 9.17) is 4.74 Å². The number of amides is 2. The summed E-state index contributed by atoms with van der Waals surface area (Å²) < 4.78 is 5.93. The van der Waals surface area contributed by atoms with Gasteiger partial charge in [0.05, 0.1) is 12.3 Å². The van der Waals surface area contributed by atoms with Crippen LogP contribution in [0.1, 0.15) is 43.0 Å². The molecule has 0 unspecified atom stereocenters. The second-order valence-electron chi connectivity index (χ2n) is 6.20. The second kappa shape index (κ2) is 8.48. The van der Waals surface area contributed by atoms with Gasteiger partial charge in [0.25, 0.3) is 0 Å². The van der Waals surface area contributed by atoms with Crippen LogP contribution < -0.4 is 4.90 Å². The quantitative estimate of drug-likeness (QED) is 0.429. The molecule has 2 aromatic rings. The highest BCUT2D eigenvalue weighted by molar-refractivity contribution is 6.08. The molecule has 2 aromatic carbocycles. The van der Waals surface area contributed by atoms with Crippen molar-refractivity contribution in [2.45, 2.75) is 34.6 Å². The number of rotatable bonds is 6. The maximum Gasteiger partial charge on any atom is 0.230 e. The van der Waals surface area contributed by atoms with E-state index in [1.807, 2.05) is 70.2 Å². The molecule has 0 spiro atoms. The van der Waals surface area contributed by atoms with Gasteiger partial charge in [0.2, 0.25) is 12.3 Å². The zero-order valence-electron chi connectivity index (χ0n) is 16.0. The molecule has 26 heavy (non-hydrogen) atoms. The molecule has 0 radical (unpaired) electrons. The number of allylic oxidation sites excluding steroid dienone is 1. The molecule has 0 aliphatic heterocycles. The van der Waals surface area contributed by atoms with Crippen molar-refractivity contribution in [3.63, 3.8) is 0 Å². The first-order chi connectivity index (χ1) is 12.4. The summed E-state index contributed by atoms with van der Waals surface area (Å²) in [7, 11) is 0. The number of hydrogen-bond donors (Lipinski definition) is 0. The van der Waals surface area contributed by atoms with E-state index in [2.05, 4.69) is 0 Å². The average Bonchev–Trinajstić information content (AvgIpc) is 2.63. The van der Waals surface area contributed by atoms with Crippen molar-refractivity contribution in [1.29, 1.82) is 0 Å². The minimum atomic E-state index is -0.324. The van der Waals surface area contributed by atoms with Crippen LogP contribution in [0.5, 0.6) is 0 Å². The van der Waals surface area contributed by atoms with Gasteiger partial charge in [-0.3, -0.25) is 14.5 Å². The van der Waals surface area contributed by atoms with E-state index < -0.39 is 0 Å². The predicted octanol–water partition coefficient (Wildman–Crippen LogP) is 4.74. The molecule has 0 heterocycles. The fourth-order valence-electron chi connectivity index (χ4n) is 2.87. The zero-order chi connectivity index (χ0) is 19.3. The lowest BCUT2D eigenvalue weighted by molar-refractivity contribution is -0.120. The molecule has 0 saturated heterocycles. The number of nitrogens with zero attached hydrogens (tertiary/aromatic N) is 1. The lowest BCUT2D eigenvalue weighted by Crippen LogP contribution is -2.27. The van der Waals surface area contributed by atoms with E-state index in [-0.39, 0.29) is 5.91 Å². The molecule has 136 valence electrons. The summed E-state index contributed by atoms with van der Waals surface area (Å²) in [4.78, 5) is 24.6. The molecule has 4 heteroatoms. The number of carbonyl (C=O) groups is 2. The standard InChI is InChI=1S/C22H25NO3/c1-6-26-22(19-10-8-7-9-11-19)17(4)20-12-15(2)16(3)13-21(20)23(14-24)18(5)25/h7-14H,6H2,1-5H3/b22-17-. The maximum atomic E-state index is 12.0. The summed E-state index contributed by atoms with van der Waals surface area (Å²) in [6, 6.07) is 13.7. The number of carbonyl (C=O) groups excluding carboxylic acids is 2. The van der Waals surface area contributed by atoms with Crippen LogP contribution in [-0.2, 0) is 14.3 Å². The molecule has 0 aliphatic carbocycles. The molecule has 0 atom stereocenters. The minimum absolute atomic E-state index is 0.324. The fraction of sp³-hybridized carbons (Fsp3) is 0.273. The van der Waals surface area contributed by atoms with Crippen molar-refractivity contribution in [2.24, 2.45) is 0 Å². The van der Waals surface area contributed by atoms with Gasteiger partial charge in [-0.1, -0.05) is 30.3 Å². The van der Waals surface area contributed by atoms with Crippen LogP contribution in [-0.4, -0.2) is 18.9 Å². The lowest BCUT2D eigenvalue weighted by atomic mass is 9.95. The van der Waals surface area contributed by atoms with Crippen LogP contribution in [0.3, 0.4) is 0 Å². The molecule has 0 N–H and O–H groups in total. The van der Waals surface area contributed by atoms with Crippen molar-refractivity contribution in [3.8, 4) is 0 Å². The topological polar surface area (TPSA) is 46.6 Å². The lowest BCUT2D eigenvalue weighted by Gasteiger charge is -2.22. The summed E-state index contributed by atoms with van der Waals surface area (Å²) in [6.45, 7) is 9.77. The van der Waals surface area contributed by atoms with Crippen molar-refractivity contribution in [2.75, 3.05) is 11.5 Å². The van der Waals surface area contributed by atoms with E-state index in [9.17, 15) is 9.59 Å². The number of imide groups is 1. The summed E-state index contributed by atoms with van der Waals surface area (Å²) in [5, 5.41) is 0. The van der Waals surface area contributed by atoms with Crippen LogP contribution >= 0.6 is 0 Å². The smallest absolute Gasteiger partial charge is 0.230 e. The van der Waals surface area contributed by atoms with Gasteiger partial charge >= 0.3 is 0 Å². The van der Waals surface area contributed by atoms with Gasteiger partial charge in [-0.25, -0.2) is 0 Å². The van der Waals surface area contributed by atoms with Crippen molar-refractivity contribution in [1.82, 2.24) is 0 Å². The Morgan fingerprint density at radius 1 is 1.08 bits per heavy atom. The minimum Gasteiger partial charge on any atom is -0.493 e. The predicted molar refractivity (Wildman–Crippen MR) is 106 cm³/mol. The summed E-state index contributed by atoms with van der Waals surface area (Å²) in [6.07, 6.45) is 0.562. The molecule has 0 fully saturated rings. The number of anilines is 1. The van der Waals surface area contributed by atoms with E-state index in [1.54, 1.807) is 0 Å².